The van der Waals surface area contributed by atoms with Crippen molar-refractivity contribution in [2.24, 2.45) is 0 Å². The van der Waals surface area contributed by atoms with Gasteiger partial charge >= 0.3 is 0 Å². The van der Waals surface area contributed by atoms with Gasteiger partial charge in [-0.3, -0.25) is 0 Å². The number of nitrogens with one attached hydrogen (secondary N) is 1. The van der Waals surface area contributed by atoms with Crippen LogP contribution in [0.4, 0.5) is 0 Å². The summed E-state index contributed by atoms with van der Waals surface area (Å²) in [6.45, 7) is 3.75. The molecule has 21 heavy (non-hydrogen) atoms. The van der Waals surface area contributed by atoms with Gasteiger partial charge in [0.1, 0.15) is 0 Å². The zero-order chi connectivity index (χ0) is 15.2. The second-order valence-corrected chi connectivity index (χ2v) is 6.10. The summed E-state index contributed by atoms with van der Waals surface area (Å²) < 4.78 is 0. The minimum absolute atomic E-state index is 0.432. The minimum Gasteiger partial charge on any atom is -0.634 e. The average molecular weight is 291 g/mol. The fourth-order valence-electron chi connectivity index (χ4n) is 2.69. The van der Waals surface area contributed by atoms with E-state index in [-0.39, 0.29) is 0 Å². The third kappa shape index (κ3) is 10.5. The molecule has 0 fully saturated rings. The average Bonchev–Trinajstić information content (AvgIpc) is 2.52. The molecule has 0 saturated carbocycles. The number of unbranched alkanes of at least 4 members (excludes halogenated alkanes) is 8. The van der Waals surface area contributed by atoms with Gasteiger partial charge in [-0.1, -0.05) is 82.2 Å². The minimum atomic E-state index is 0.432. The van der Waals surface area contributed by atoms with Crippen LogP contribution in [0.5, 0.6) is 0 Å². The van der Waals surface area contributed by atoms with E-state index in [4.69, 9.17) is 0 Å². The van der Waals surface area contributed by atoms with Crippen molar-refractivity contribution in [3.8, 4) is 0 Å². The molecule has 1 unspecified atom stereocenters. The predicted octanol–water partition coefficient (Wildman–Crippen LogP) is 4.14. The molecule has 0 radical (unpaired) electrons. The summed E-state index contributed by atoms with van der Waals surface area (Å²) in [7, 11) is 0. The SMILES string of the molecule is CCCCCCCCCCC[NH+]([O-])CCc1ccccc1. The van der Waals surface area contributed by atoms with Gasteiger partial charge in [-0.25, -0.2) is 0 Å². The smallest absolute Gasteiger partial charge is 0.0809 e. The van der Waals surface area contributed by atoms with Crippen LogP contribution in [0.25, 0.3) is 0 Å². The second kappa shape index (κ2) is 12.8. The maximum atomic E-state index is 11.8. The van der Waals surface area contributed by atoms with Crippen molar-refractivity contribution in [3.05, 3.63) is 41.1 Å². The molecule has 0 aliphatic heterocycles. The highest BCUT2D eigenvalue weighted by molar-refractivity contribution is 5.14. The largest absolute Gasteiger partial charge is 0.634 e. The number of benzene rings is 1. The monoisotopic (exact) mass is 291 g/mol. The first kappa shape index (κ1) is 18.2. The molecule has 1 aromatic rings. The van der Waals surface area contributed by atoms with E-state index < -0.39 is 0 Å². The maximum absolute atomic E-state index is 11.8. The summed E-state index contributed by atoms with van der Waals surface area (Å²) in [5.41, 5.74) is 1.28. The zero-order valence-corrected chi connectivity index (χ0v) is 13.8. The van der Waals surface area contributed by atoms with E-state index in [0.29, 0.717) is 11.6 Å². The van der Waals surface area contributed by atoms with E-state index in [9.17, 15) is 5.21 Å². The molecule has 0 aliphatic rings. The van der Waals surface area contributed by atoms with Crippen molar-refractivity contribution >= 4 is 0 Å². The van der Waals surface area contributed by atoms with Crippen molar-refractivity contribution in [1.82, 2.24) is 0 Å². The summed E-state index contributed by atoms with van der Waals surface area (Å²) in [5.74, 6) is 0. The molecule has 0 aromatic heterocycles. The third-order valence-electron chi connectivity index (χ3n) is 4.09. The summed E-state index contributed by atoms with van der Waals surface area (Å²) in [6.07, 6.45) is 12.7. The number of quaternary nitrogens is 1. The van der Waals surface area contributed by atoms with Crippen molar-refractivity contribution < 1.29 is 5.06 Å². The maximum Gasteiger partial charge on any atom is 0.0809 e. The van der Waals surface area contributed by atoms with Gasteiger partial charge in [-0.15, -0.1) is 0 Å². The zero-order valence-electron chi connectivity index (χ0n) is 13.8. The Morgan fingerprint density at radius 2 is 1.33 bits per heavy atom. The highest BCUT2D eigenvalue weighted by atomic mass is 16.5. The predicted molar refractivity (Wildman–Crippen MR) is 91.4 cm³/mol. The van der Waals surface area contributed by atoms with Crippen LogP contribution in [0.2, 0.25) is 0 Å². The first-order valence-electron chi connectivity index (χ1n) is 8.88. The second-order valence-electron chi connectivity index (χ2n) is 6.10. The van der Waals surface area contributed by atoms with Crippen molar-refractivity contribution in [2.75, 3.05) is 13.1 Å². The van der Waals surface area contributed by atoms with Gasteiger partial charge in [0.2, 0.25) is 0 Å². The van der Waals surface area contributed by atoms with E-state index in [0.717, 1.165) is 19.4 Å². The molecule has 120 valence electrons. The van der Waals surface area contributed by atoms with Crippen LogP contribution >= 0.6 is 0 Å². The van der Waals surface area contributed by atoms with Gasteiger partial charge in [0, 0.05) is 6.42 Å². The Morgan fingerprint density at radius 1 is 0.762 bits per heavy atom. The van der Waals surface area contributed by atoms with E-state index >= 15 is 0 Å². The molecule has 1 rings (SSSR count). The van der Waals surface area contributed by atoms with Crippen LogP contribution in [-0.4, -0.2) is 13.1 Å². The molecule has 0 heterocycles. The summed E-state index contributed by atoms with van der Waals surface area (Å²) in [5, 5.41) is 12.3. The number of hydrogen-bond acceptors (Lipinski definition) is 1. The quantitative estimate of drug-likeness (QED) is 0.429. The van der Waals surface area contributed by atoms with Crippen molar-refractivity contribution in [3.63, 3.8) is 0 Å². The molecular formula is C19H33NO. The van der Waals surface area contributed by atoms with Gasteiger partial charge in [0.15, 0.2) is 0 Å². The highest BCUT2D eigenvalue weighted by Crippen LogP contribution is 2.08. The van der Waals surface area contributed by atoms with Gasteiger partial charge in [-0.2, -0.15) is 0 Å². The van der Waals surface area contributed by atoms with Crippen LogP contribution in [-0.2, 0) is 6.42 Å². The molecule has 0 amide bonds. The van der Waals surface area contributed by atoms with E-state index in [1.165, 1.54) is 56.9 Å². The Labute approximate surface area is 131 Å². The standard InChI is InChI=1S/C19H33NO/c1-2-3-4-5-6-7-8-9-13-17-20(21)18-16-19-14-11-10-12-15-19/h10-12,14-15,20H,2-9,13,16-18H2,1H3. The van der Waals surface area contributed by atoms with Crippen LogP contribution in [0.3, 0.4) is 0 Å². The molecule has 0 bridgehead atoms. The fourth-order valence-corrected chi connectivity index (χ4v) is 2.69. The summed E-state index contributed by atoms with van der Waals surface area (Å²) in [4.78, 5) is 0. The molecule has 2 heteroatoms. The fraction of sp³-hybridized carbons (Fsp3) is 0.684. The van der Waals surface area contributed by atoms with Gasteiger partial charge in [0.05, 0.1) is 13.1 Å². The first-order chi connectivity index (χ1) is 10.3. The molecule has 0 spiro atoms. The van der Waals surface area contributed by atoms with Gasteiger partial charge < -0.3 is 10.3 Å². The van der Waals surface area contributed by atoms with Gasteiger partial charge in [-0.05, 0) is 18.4 Å². The lowest BCUT2D eigenvalue weighted by atomic mass is 10.1. The lowest BCUT2D eigenvalue weighted by Gasteiger charge is -2.22. The molecule has 0 saturated heterocycles. The third-order valence-corrected chi connectivity index (χ3v) is 4.09. The Hall–Kier alpha value is -0.860. The molecule has 1 atom stereocenters. The van der Waals surface area contributed by atoms with Crippen LogP contribution in [0.1, 0.15) is 70.3 Å². The normalized spacial score (nSPS) is 12.5. The topological polar surface area (TPSA) is 27.5 Å². The Kier molecular flexibility index (Phi) is 11.1. The molecule has 2 nitrogen and oxygen atoms in total. The van der Waals surface area contributed by atoms with E-state index in [2.05, 4.69) is 19.1 Å². The first-order valence-corrected chi connectivity index (χ1v) is 8.88. The molecular weight excluding hydrogens is 258 g/mol. The Morgan fingerprint density at radius 3 is 1.95 bits per heavy atom. The number of hydroxylamine groups is 2. The Bertz CT molecular complexity index is 326. The Balaban J connectivity index is 1.88. The lowest BCUT2D eigenvalue weighted by molar-refractivity contribution is -0.848. The van der Waals surface area contributed by atoms with E-state index in [1.807, 2.05) is 18.2 Å². The summed E-state index contributed by atoms with van der Waals surface area (Å²) >= 11 is 0. The number of rotatable bonds is 13. The van der Waals surface area contributed by atoms with Crippen molar-refractivity contribution in [1.29, 1.82) is 0 Å². The summed E-state index contributed by atoms with van der Waals surface area (Å²) in [6, 6.07) is 10.3. The number of hydrogen-bond donors (Lipinski definition) is 1. The van der Waals surface area contributed by atoms with Crippen LogP contribution in [0.15, 0.2) is 30.3 Å². The molecule has 0 aliphatic carbocycles. The van der Waals surface area contributed by atoms with Gasteiger partial charge in [0.25, 0.3) is 0 Å². The van der Waals surface area contributed by atoms with Crippen molar-refractivity contribution in [2.45, 2.75) is 71.1 Å². The molecule has 1 aromatic carbocycles. The van der Waals surface area contributed by atoms with E-state index in [1.54, 1.807) is 0 Å². The molecule has 1 N–H and O–H groups in total. The van der Waals surface area contributed by atoms with Crippen LogP contribution < -0.4 is 5.06 Å². The lowest BCUT2D eigenvalue weighted by Crippen LogP contribution is -3.07. The highest BCUT2D eigenvalue weighted by Gasteiger charge is 1.99. The van der Waals surface area contributed by atoms with Crippen LogP contribution in [0, 0.1) is 5.21 Å².